The number of halogens is 1. The van der Waals surface area contributed by atoms with E-state index >= 15 is 0 Å². The Hall–Kier alpha value is -2.00. The Labute approximate surface area is 170 Å². The van der Waals surface area contributed by atoms with Crippen molar-refractivity contribution in [3.05, 3.63) is 36.2 Å². The molecule has 2 fully saturated rings. The van der Waals surface area contributed by atoms with E-state index in [-0.39, 0.29) is 22.0 Å². The Morgan fingerprint density at radius 1 is 1.28 bits per heavy atom. The molecule has 1 spiro atoms. The quantitative estimate of drug-likeness (QED) is 0.740. The maximum Gasteiger partial charge on any atom is 0.246 e. The summed E-state index contributed by atoms with van der Waals surface area (Å²) in [7, 11) is -2.52. The number of aromatic nitrogens is 3. The second kappa shape index (κ2) is 7.68. The van der Waals surface area contributed by atoms with Crippen molar-refractivity contribution in [3.63, 3.8) is 0 Å². The SMILES string of the molecule is CCn1cnnc1C1CN(S(=O)(=O)c2cc(F)ccc2OC)CC12CCCCC2. The molecule has 2 aliphatic rings. The molecule has 2 aromatic rings. The predicted octanol–water partition coefficient (Wildman–Crippen LogP) is 3.18. The lowest BCUT2D eigenvalue weighted by molar-refractivity contribution is 0.176. The fraction of sp³-hybridized carbons (Fsp3) is 0.600. The minimum Gasteiger partial charge on any atom is -0.495 e. The molecule has 9 heteroatoms. The van der Waals surface area contributed by atoms with Crippen LogP contribution in [0.4, 0.5) is 4.39 Å². The molecule has 158 valence electrons. The maximum atomic E-state index is 13.9. The number of benzene rings is 1. The third-order valence-electron chi connectivity index (χ3n) is 6.51. The van der Waals surface area contributed by atoms with E-state index in [0.29, 0.717) is 13.1 Å². The molecular weight excluding hydrogens is 395 g/mol. The number of nitrogens with zero attached hydrogens (tertiary/aromatic N) is 4. The number of aryl methyl sites for hydroxylation is 1. The molecule has 1 unspecified atom stereocenters. The molecule has 29 heavy (non-hydrogen) atoms. The number of methoxy groups -OCH3 is 1. The molecule has 7 nitrogen and oxygen atoms in total. The van der Waals surface area contributed by atoms with E-state index in [2.05, 4.69) is 10.2 Å². The highest BCUT2D eigenvalue weighted by molar-refractivity contribution is 7.89. The van der Waals surface area contributed by atoms with Crippen LogP contribution in [-0.2, 0) is 16.6 Å². The molecule has 1 saturated heterocycles. The summed E-state index contributed by atoms with van der Waals surface area (Å²) in [5, 5.41) is 8.44. The van der Waals surface area contributed by atoms with Crippen molar-refractivity contribution in [3.8, 4) is 5.75 Å². The van der Waals surface area contributed by atoms with Gasteiger partial charge in [0.1, 0.15) is 28.6 Å². The van der Waals surface area contributed by atoms with E-state index in [1.807, 2.05) is 11.5 Å². The van der Waals surface area contributed by atoms with E-state index in [1.165, 1.54) is 30.0 Å². The van der Waals surface area contributed by atoms with Crippen LogP contribution < -0.4 is 4.74 Å². The van der Waals surface area contributed by atoms with Crippen LogP contribution in [0, 0.1) is 11.2 Å². The normalized spacial score (nSPS) is 22.2. The van der Waals surface area contributed by atoms with Crippen molar-refractivity contribution in [1.82, 2.24) is 19.1 Å². The first-order valence-corrected chi connectivity index (χ1v) is 11.6. The fourth-order valence-corrected chi connectivity index (χ4v) is 6.71. The van der Waals surface area contributed by atoms with Crippen molar-refractivity contribution < 1.29 is 17.5 Å². The summed E-state index contributed by atoms with van der Waals surface area (Å²) in [6.07, 6.45) is 6.95. The smallest absolute Gasteiger partial charge is 0.246 e. The topological polar surface area (TPSA) is 77.3 Å². The van der Waals surface area contributed by atoms with Gasteiger partial charge in [-0.3, -0.25) is 0 Å². The lowest BCUT2D eigenvalue weighted by Gasteiger charge is -2.37. The number of rotatable bonds is 5. The van der Waals surface area contributed by atoms with E-state index in [9.17, 15) is 12.8 Å². The highest BCUT2D eigenvalue weighted by Crippen LogP contribution is 2.53. The standard InChI is InChI=1S/C20H27FN4O3S/c1-3-24-14-22-23-19(24)16-12-25(13-20(16)9-5-4-6-10-20)29(26,27)18-11-15(21)7-8-17(18)28-2/h7-8,11,14,16H,3-6,9-10,12-13H2,1-2H3. The monoisotopic (exact) mass is 422 g/mol. The molecule has 0 N–H and O–H groups in total. The minimum absolute atomic E-state index is 0.0282. The predicted molar refractivity (Wildman–Crippen MR) is 106 cm³/mol. The summed E-state index contributed by atoms with van der Waals surface area (Å²) < 4.78 is 49.6. The van der Waals surface area contributed by atoms with Gasteiger partial charge in [-0.2, -0.15) is 4.31 Å². The van der Waals surface area contributed by atoms with Crippen LogP contribution >= 0.6 is 0 Å². The van der Waals surface area contributed by atoms with Gasteiger partial charge < -0.3 is 9.30 Å². The Kier molecular flexibility index (Phi) is 5.37. The zero-order valence-electron chi connectivity index (χ0n) is 16.8. The molecule has 0 amide bonds. The van der Waals surface area contributed by atoms with Gasteiger partial charge in [0.2, 0.25) is 10.0 Å². The van der Waals surface area contributed by atoms with E-state index in [1.54, 1.807) is 6.33 Å². The number of ether oxygens (including phenoxy) is 1. The van der Waals surface area contributed by atoms with Crippen molar-refractivity contribution in [1.29, 1.82) is 0 Å². The van der Waals surface area contributed by atoms with Crippen LogP contribution in [0.15, 0.2) is 29.4 Å². The maximum absolute atomic E-state index is 13.9. The molecule has 2 heterocycles. The molecule has 1 atom stereocenters. The highest BCUT2D eigenvalue weighted by atomic mass is 32.2. The van der Waals surface area contributed by atoms with E-state index in [4.69, 9.17) is 4.74 Å². The molecule has 1 saturated carbocycles. The third kappa shape index (κ3) is 3.44. The largest absolute Gasteiger partial charge is 0.495 e. The van der Waals surface area contributed by atoms with Gasteiger partial charge in [-0.1, -0.05) is 19.3 Å². The van der Waals surface area contributed by atoms with Crippen LogP contribution in [0.1, 0.15) is 50.8 Å². The van der Waals surface area contributed by atoms with Gasteiger partial charge in [0, 0.05) is 25.6 Å². The zero-order chi connectivity index (χ0) is 20.6. The summed E-state index contributed by atoms with van der Waals surface area (Å²) in [6, 6.07) is 3.61. The van der Waals surface area contributed by atoms with Crippen LogP contribution in [0.3, 0.4) is 0 Å². The minimum atomic E-state index is -3.91. The van der Waals surface area contributed by atoms with Gasteiger partial charge in [-0.25, -0.2) is 12.8 Å². The molecule has 0 bridgehead atoms. The van der Waals surface area contributed by atoms with Crippen LogP contribution in [0.5, 0.6) is 5.75 Å². The first kappa shape index (κ1) is 20.3. The second-order valence-corrected chi connectivity index (χ2v) is 9.95. The van der Waals surface area contributed by atoms with Gasteiger partial charge in [0.25, 0.3) is 0 Å². The number of hydrogen-bond acceptors (Lipinski definition) is 5. The second-order valence-electron chi connectivity index (χ2n) is 8.04. The summed E-state index contributed by atoms with van der Waals surface area (Å²) >= 11 is 0. The van der Waals surface area contributed by atoms with Gasteiger partial charge in [-0.05, 0) is 43.4 Å². The van der Waals surface area contributed by atoms with Gasteiger partial charge in [0.15, 0.2) is 0 Å². The molecule has 1 aromatic heterocycles. The van der Waals surface area contributed by atoms with Crippen LogP contribution in [-0.4, -0.2) is 47.7 Å². The Bertz CT molecular complexity index is 985. The zero-order valence-corrected chi connectivity index (χ0v) is 17.7. The molecule has 4 rings (SSSR count). The summed E-state index contributed by atoms with van der Waals surface area (Å²) in [4.78, 5) is -0.122. The molecule has 0 radical (unpaired) electrons. The fourth-order valence-electron chi connectivity index (χ4n) is 4.99. The van der Waals surface area contributed by atoms with Gasteiger partial charge in [0.05, 0.1) is 7.11 Å². The van der Waals surface area contributed by atoms with Crippen molar-refractivity contribution in [2.24, 2.45) is 5.41 Å². The molecule has 1 aliphatic carbocycles. The van der Waals surface area contributed by atoms with E-state index < -0.39 is 15.8 Å². The lowest BCUT2D eigenvalue weighted by atomic mass is 9.67. The van der Waals surface area contributed by atoms with Crippen molar-refractivity contribution in [2.45, 2.75) is 56.4 Å². The molecule has 1 aliphatic heterocycles. The Balaban J connectivity index is 1.75. The highest BCUT2D eigenvalue weighted by Gasteiger charge is 2.52. The Morgan fingerprint density at radius 3 is 2.72 bits per heavy atom. The molecular formula is C20H27FN4O3S. The number of sulfonamides is 1. The summed E-state index contributed by atoms with van der Waals surface area (Å²) in [5.74, 6) is 0.375. The first-order valence-electron chi connectivity index (χ1n) is 10.1. The lowest BCUT2D eigenvalue weighted by Crippen LogP contribution is -2.34. The average Bonchev–Trinajstić information content (AvgIpc) is 3.33. The van der Waals surface area contributed by atoms with E-state index in [0.717, 1.165) is 44.1 Å². The summed E-state index contributed by atoms with van der Waals surface area (Å²) in [5.41, 5.74) is -0.161. The average molecular weight is 423 g/mol. The Morgan fingerprint density at radius 2 is 2.03 bits per heavy atom. The summed E-state index contributed by atoms with van der Waals surface area (Å²) in [6.45, 7) is 3.50. The van der Waals surface area contributed by atoms with Gasteiger partial charge in [-0.15, -0.1) is 10.2 Å². The van der Waals surface area contributed by atoms with Crippen molar-refractivity contribution in [2.75, 3.05) is 20.2 Å². The van der Waals surface area contributed by atoms with Crippen LogP contribution in [0.2, 0.25) is 0 Å². The third-order valence-corrected chi connectivity index (χ3v) is 8.34. The first-order chi connectivity index (χ1) is 13.9. The van der Waals surface area contributed by atoms with Crippen molar-refractivity contribution >= 4 is 10.0 Å². The molecule has 1 aromatic carbocycles. The van der Waals surface area contributed by atoms with Gasteiger partial charge >= 0.3 is 0 Å². The number of hydrogen-bond donors (Lipinski definition) is 0. The van der Waals surface area contributed by atoms with Crippen LogP contribution in [0.25, 0.3) is 0 Å².